The third-order valence-corrected chi connectivity index (χ3v) is 6.45. The molecule has 5 nitrogen and oxygen atoms in total. The molecule has 8 heteroatoms. The van der Waals surface area contributed by atoms with E-state index < -0.39 is 0 Å². The number of anilines is 1. The quantitative estimate of drug-likeness (QED) is 0.297. The number of allylic oxidation sites excluding steroid dienone is 1. The van der Waals surface area contributed by atoms with Gasteiger partial charge >= 0.3 is 0 Å². The van der Waals surface area contributed by atoms with E-state index in [1.807, 2.05) is 6.08 Å². The van der Waals surface area contributed by atoms with Crippen LogP contribution in [0.5, 0.6) is 0 Å². The second kappa shape index (κ2) is 10.0. The zero-order valence-corrected chi connectivity index (χ0v) is 20.2. The Morgan fingerprint density at radius 1 is 1.00 bits per heavy atom. The summed E-state index contributed by atoms with van der Waals surface area (Å²) in [5, 5.41) is 8.61. The van der Waals surface area contributed by atoms with Crippen LogP contribution in [0.15, 0.2) is 67.0 Å². The van der Waals surface area contributed by atoms with Gasteiger partial charge in [0.05, 0.1) is 16.4 Å². The van der Waals surface area contributed by atoms with Crippen LogP contribution in [0, 0.1) is 5.82 Å². The molecule has 0 aliphatic heterocycles. The third kappa shape index (κ3) is 4.99. The van der Waals surface area contributed by atoms with Crippen molar-refractivity contribution in [3.63, 3.8) is 0 Å². The Bertz CT molecular complexity index is 1420. The number of benzene rings is 2. The van der Waals surface area contributed by atoms with Crippen molar-refractivity contribution < 1.29 is 9.18 Å². The van der Waals surface area contributed by atoms with Crippen LogP contribution < -0.4 is 5.32 Å². The molecule has 5 rings (SSSR count). The molecule has 0 saturated heterocycles. The molecule has 0 bridgehead atoms. The topological polar surface area (TPSA) is 59.8 Å². The number of fused-ring (bicyclic) bond motifs is 1. The van der Waals surface area contributed by atoms with Gasteiger partial charge in [0.25, 0.3) is 5.91 Å². The van der Waals surface area contributed by atoms with Gasteiger partial charge in [0.1, 0.15) is 5.82 Å². The summed E-state index contributed by atoms with van der Waals surface area (Å²) in [5.74, 6) is -0.596. The maximum absolute atomic E-state index is 13.5. The standard InChI is InChI=1S/C27H21Cl2FN4O/c28-19-7-10-24(23(29)16-19)34-26-18(15-17-5-8-20(30)9-6-17)3-1-2-4-22(26)25(33-34)27(35)32-21-11-13-31-14-12-21/h5-16H,1-4H2,(H,31,32,35)/b18-15+. The minimum Gasteiger partial charge on any atom is -0.320 e. The Hall–Kier alpha value is -3.48. The number of nitrogens with one attached hydrogen (secondary N) is 1. The van der Waals surface area contributed by atoms with Crippen LogP contribution in [-0.2, 0) is 6.42 Å². The Morgan fingerprint density at radius 2 is 1.74 bits per heavy atom. The summed E-state index contributed by atoms with van der Waals surface area (Å²) in [6, 6.07) is 15.0. The molecule has 0 radical (unpaired) electrons. The summed E-state index contributed by atoms with van der Waals surface area (Å²) in [7, 11) is 0. The number of amides is 1. The first kappa shape index (κ1) is 23.3. The highest BCUT2D eigenvalue weighted by Gasteiger charge is 2.28. The molecule has 176 valence electrons. The van der Waals surface area contributed by atoms with Gasteiger partial charge in [-0.2, -0.15) is 5.10 Å². The number of nitrogens with zero attached hydrogens (tertiary/aromatic N) is 3. The second-order valence-electron chi connectivity index (χ2n) is 8.30. The minimum absolute atomic E-state index is 0.290. The van der Waals surface area contributed by atoms with Crippen LogP contribution in [-0.4, -0.2) is 20.7 Å². The smallest absolute Gasteiger partial charge is 0.276 e. The summed E-state index contributed by atoms with van der Waals surface area (Å²) in [6.45, 7) is 0. The van der Waals surface area contributed by atoms with Gasteiger partial charge in [0, 0.05) is 28.7 Å². The number of carbonyl (C=O) groups is 1. The van der Waals surface area contributed by atoms with E-state index >= 15 is 0 Å². The number of rotatable bonds is 4. The predicted molar refractivity (Wildman–Crippen MR) is 138 cm³/mol. The van der Waals surface area contributed by atoms with E-state index in [1.54, 1.807) is 59.5 Å². The molecule has 0 spiro atoms. The monoisotopic (exact) mass is 506 g/mol. The Morgan fingerprint density at radius 3 is 2.49 bits per heavy atom. The van der Waals surface area contributed by atoms with Crippen molar-refractivity contribution >= 4 is 46.4 Å². The highest BCUT2D eigenvalue weighted by Crippen LogP contribution is 2.37. The third-order valence-electron chi connectivity index (χ3n) is 5.91. The van der Waals surface area contributed by atoms with E-state index in [1.165, 1.54) is 12.1 Å². The molecule has 1 aliphatic carbocycles. The van der Waals surface area contributed by atoms with Gasteiger partial charge in [0.15, 0.2) is 5.69 Å². The molecular weight excluding hydrogens is 486 g/mol. The molecule has 0 atom stereocenters. The van der Waals surface area contributed by atoms with Crippen LogP contribution in [0.3, 0.4) is 0 Å². The van der Waals surface area contributed by atoms with Crippen molar-refractivity contribution in [2.24, 2.45) is 0 Å². The lowest BCUT2D eigenvalue weighted by Crippen LogP contribution is -2.15. The van der Waals surface area contributed by atoms with Crippen molar-refractivity contribution in [1.29, 1.82) is 0 Å². The predicted octanol–water partition coefficient (Wildman–Crippen LogP) is 7.23. The van der Waals surface area contributed by atoms with Gasteiger partial charge in [-0.25, -0.2) is 9.07 Å². The normalized spacial score (nSPS) is 14.4. The lowest BCUT2D eigenvalue weighted by Gasteiger charge is -2.13. The summed E-state index contributed by atoms with van der Waals surface area (Å²) in [4.78, 5) is 17.4. The molecular formula is C27H21Cl2FN4O. The second-order valence-corrected chi connectivity index (χ2v) is 9.15. The summed E-state index contributed by atoms with van der Waals surface area (Å²) >= 11 is 12.7. The van der Waals surface area contributed by atoms with Crippen LogP contribution >= 0.6 is 23.2 Å². The number of aromatic nitrogens is 3. The fraction of sp³-hybridized carbons (Fsp3) is 0.148. The molecule has 0 fully saturated rings. The van der Waals surface area contributed by atoms with Crippen molar-refractivity contribution in [2.75, 3.05) is 5.32 Å². The van der Waals surface area contributed by atoms with E-state index in [2.05, 4.69) is 10.3 Å². The number of halogens is 3. The summed E-state index contributed by atoms with van der Waals surface area (Å²) < 4.78 is 15.2. The van der Waals surface area contributed by atoms with E-state index in [4.69, 9.17) is 28.3 Å². The lowest BCUT2D eigenvalue weighted by molar-refractivity contribution is 0.102. The van der Waals surface area contributed by atoms with Crippen molar-refractivity contribution in [3.05, 3.63) is 105 Å². The number of hydrogen-bond donors (Lipinski definition) is 1. The van der Waals surface area contributed by atoms with E-state index in [9.17, 15) is 9.18 Å². The van der Waals surface area contributed by atoms with Crippen LogP contribution in [0.4, 0.5) is 10.1 Å². The van der Waals surface area contributed by atoms with Crippen LogP contribution in [0.2, 0.25) is 10.0 Å². The molecule has 0 saturated carbocycles. The summed E-state index contributed by atoms with van der Waals surface area (Å²) in [6.07, 6.45) is 8.59. The largest absolute Gasteiger partial charge is 0.320 e. The SMILES string of the molecule is O=C(Nc1ccncc1)c1nn(-c2ccc(Cl)cc2Cl)c2c1CCCC/C2=C\c1ccc(F)cc1. The highest BCUT2D eigenvalue weighted by atomic mass is 35.5. The van der Waals surface area contributed by atoms with E-state index in [0.717, 1.165) is 41.7 Å². The number of hydrogen-bond acceptors (Lipinski definition) is 3. The molecule has 0 unspecified atom stereocenters. The zero-order valence-electron chi connectivity index (χ0n) is 18.6. The maximum Gasteiger partial charge on any atom is 0.276 e. The average molecular weight is 507 g/mol. The van der Waals surface area contributed by atoms with Gasteiger partial charge in [-0.15, -0.1) is 0 Å². The first-order chi connectivity index (χ1) is 17.0. The molecule has 35 heavy (non-hydrogen) atoms. The summed E-state index contributed by atoms with van der Waals surface area (Å²) in [5.41, 5.74) is 5.16. The van der Waals surface area contributed by atoms with Gasteiger partial charge in [-0.05, 0) is 85.4 Å². The maximum atomic E-state index is 13.5. The van der Waals surface area contributed by atoms with Crippen molar-refractivity contribution in [2.45, 2.75) is 25.7 Å². The van der Waals surface area contributed by atoms with Gasteiger partial charge in [-0.1, -0.05) is 35.3 Å². The number of pyridine rings is 1. The van der Waals surface area contributed by atoms with Crippen molar-refractivity contribution in [1.82, 2.24) is 14.8 Å². The van der Waals surface area contributed by atoms with E-state index in [-0.39, 0.29) is 11.7 Å². The Kier molecular flexibility index (Phi) is 6.66. The zero-order chi connectivity index (χ0) is 24.4. The molecule has 1 aliphatic rings. The molecule has 2 heterocycles. The van der Waals surface area contributed by atoms with Crippen LogP contribution in [0.1, 0.15) is 46.6 Å². The Balaban J connectivity index is 1.68. The minimum atomic E-state index is -0.306. The van der Waals surface area contributed by atoms with Crippen molar-refractivity contribution in [3.8, 4) is 5.69 Å². The molecule has 1 N–H and O–H groups in total. The fourth-order valence-electron chi connectivity index (χ4n) is 4.29. The highest BCUT2D eigenvalue weighted by molar-refractivity contribution is 6.35. The average Bonchev–Trinajstić information content (AvgIpc) is 3.10. The van der Waals surface area contributed by atoms with Crippen LogP contribution in [0.25, 0.3) is 17.3 Å². The van der Waals surface area contributed by atoms with E-state index in [0.29, 0.717) is 33.5 Å². The first-order valence-electron chi connectivity index (χ1n) is 11.2. The number of carbonyl (C=O) groups excluding carboxylic acids is 1. The molecule has 4 aromatic rings. The van der Waals surface area contributed by atoms with Gasteiger partial charge < -0.3 is 5.32 Å². The fourth-order valence-corrected chi connectivity index (χ4v) is 4.78. The Labute approximate surface area is 212 Å². The van der Waals surface area contributed by atoms with Gasteiger partial charge in [-0.3, -0.25) is 9.78 Å². The molecule has 2 aromatic carbocycles. The first-order valence-corrected chi connectivity index (χ1v) is 12.0. The molecule has 1 amide bonds. The molecule has 2 aromatic heterocycles. The lowest BCUT2D eigenvalue weighted by atomic mass is 10.0. The van der Waals surface area contributed by atoms with Gasteiger partial charge in [0.2, 0.25) is 0 Å².